The Kier molecular flexibility index (Phi) is 3.95. The minimum Gasteiger partial charge on any atom is -0.329 e. The number of aromatic amines is 1. The molecule has 0 amide bonds. The van der Waals surface area contributed by atoms with Crippen molar-refractivity contribution in [1.29, 1.82) is 0 Å². The smallest absolute Gasteiger partial charge is 0.255 e. The van der Waals surface area contributed by atoms with Gasteiger partial charge in [0.15, 0.2) is 0 Å². The predicted octanol–water partition coefficient (Wildman–Crippen LogP) is 0.846. The van der Waals surface area contributed by atoms with Crippen LogP contribution in [0.15, 0.2) is 40.2 Å². The van der Waals surface area contributed by atoms with Crippen LogP contribution in [0.3, 0.4) is 0 Å². The molecule has 6 heteroatoms. The van der Waals surface area contributed by atoms with E-state index in [0.29, 0.717) is 5.39 Å². The summed E-state index contributed by atoms with van der Waals surface area (Å²) in [6.07, 6.45) is 2.59. The third-order valence-corrected chi connectivity index (χ3v) is 5.06. The fraction of sp³-hybridized carbons (Fsp3) is 0.357. The number of benzene rings is 1. The maximum atomic E-state index is 12.8. The molecule has 0 spiro atoms. The highest BCUT2D eigenvalue weighted by molar-refractivity contribution is 7.83. The highest BCUT2D eigenvalue weighted by Gasteiger charge is 2.18. The van der Waals surface area contributed by atoms with Gasteiger partial charge in [-0.15, -0.1) is 0 Å². The van der Waals surface area contributed by atoms with Crippen molar-refractivity contribution in [3.05, 3.63) is 40.8 Å². The van der Waals surface area contributed by atoms with E-state index in [1.165, 1.54) is 0 Å². The van der Waals surface area contributed by atoms with Gasteiger partial charge < -0.3 is 10.3 Å². The van der Waals surface area contributed by atoms with Crippen molar-refractivity contribution in [2.45, 2.75) is 11.3 Å². The first kappa shape index (κ1) is 13.5. The molecule has 0 saturated carbocycles. The third-order valence-electron chi connectivity index (χ3n) is 3.50. The lowest BCUT2D eigenvalue weighted by Gasteiger charge is -2.19. The summed E-state index contributed by atoms with van der Waals surface area (Å²) in [5.41, 5.74) is -0.140. The van der Waals surface area contributed by atoms with Crippen LogP contribution in [-0.2, 0) is 11.0 Å². The van der Waals surface area contributed by atoms with Gasteiger partial charge in [0.1, 0.15) is 11.0 Å². The van der Waals surface area contributed by atoms with E-state index in [0.717, 1.165) is 42.9 Å². The minimum absolute atomic E-state index is 0.140. The Morgan fingerprint density at radius 3 is 2.90 bits per heavy atom. The molecule has 1 aromatic carbocycles. The Balaban J connectivity index is 2.03. The Morgan fingerprint density at radius 1 is 1.10 bits per heavy atom. The van der Waals surface area contributed by atoms with Crippen molar-refractivity contribution >= 4 is 21.8 Å². The van der Waals surface area contributed by atoms with Crippen molar-refractivity contribution in [3.63, 3.8) is 0 Å². The summed E-state index contributed by atoms with van der Waals surface area (Å²) >= 11 is 0. The molecule has 1 atom stereocenters. The average molecular weight is 291 g/mol. The number of nitrogens with one attached hydrogen (secondary N) is 2. The summed E-state index contributed by atoms with van der Waals surface area (Å²) < 4.78 is 14.7. The molecule has 1 aliphatic rings. The number of fused-ring (bicyclic) bond motifs is 1. The SMILES string of the molecule is O=c1[nH]ccc2c(S(=O)N3CCCNCC3)cccc12. The molecule has 1 saturated heterocycles. The Bertz CT molecular complexity index is 690. The van der Waals surface area contributed by atoms with Gasteiger partial charge in [-0.2, -0.15) is 0 Å². The summed E-state index contributed by atoms with van der Waals surface area (Å²) in [6, 6.07) is 7.22. The van der Waals surface area contributed by atoms with E-state index < -0.39 is 11.0 Å². The monoisotopic (exact) mass is 291 g/mol. The molecule has 1 fully saturated rings. The number of aromatic nitrogens is 1. The number of rotatable bonds is 2. The van der Waals surface area contributed by atoms with Gasteiger partial charge in [0.05, 0.1) is 4.90 Å². The number of hydrogen-bond acceptors (Lipinski definition) is 3. The average Bonchev–Trinajstić information content (AvgIpc) is 2.75. The molecular weight excluding hydrogens is 274 g/mol. The first-order valence-electron chi connectivity index (χ1n) is 6.75. The van der Waals surface area contributed by atoms with Gasteiger partial charge in [-0.1, -0.05) is 6.07 Å². The van der Waals surface area contributed by atoms with Gasteiger partial charge in [0.25, 0.3) is 5.56 Å². The molecule has 20 heavy (non-hydrogen) atoms. The van der Waals surface area contributed by atoms with E-state index in [2.05, 4.69) is 10.3 Å². The number of H-pyrrole nitrogens is 1. The molecule has 1 aromatic heterocycles. The van der Waals surface area contributed by atoms with E-state index >= 15 is 0 Å². The fourth-order valence-corrected chi connectivity index (χ4v) is 3.86. The van der Waals surface area contributed by atoms with Crippen LogP contribution in [0.25, 0.3) is 10.8 Å². The highest BCUT2D eigenvalue weighted by atomic mass is 32.2. The van der Waals surface area contributed by atoms with Crippen LogP contribution < -0.4 is 10.9 Å². The topological polar surface area (TPSA) is 65.2 Å². The van der Waals surface area contributed by atoms with Crippen LogP contribution in [0.5, 0.6) is 0 Å². The summed E-state index contributed by atoms with van der Waals surface area (Å²) in [5, 5.41) is 4.66. The molecule has 0 bridgehead atoms. The second kappa shape index (κ2) is 5.87. The van der Waals surface area contributed by atoms with Gasteiger partial charge in [0.2, 0.25) is 0 Å². The Labute approximate surface area is 119 Å². The second-order valence-electron chi connectivity index (χ2n) is 4.81. The molecule has 2 heterocycles. The zero-order chi connectivity index (χ0) is 13.9. The van der Waals surface area contributed by atoms with Crippen LogP contribution in [0, 0.1) is 0 Å². The summed E-state index contributed by atoms with van der Waals surface area (Å²) in [5.74, 6) is 0. The van der Waals surface area contributed by atoms with Gasteiger partial charge in [0, 0.05) is 36.6 Å². The van der Waals surface area contributed by atoms with Gasteiger partial charge >= 0.3 is 0 Å². The van der Waals surface area contributed by atoms with Gasteiger partial charge in [-0.05, 0) is 31.2 Å². The predicted molar refractivity (Wildman–Crippen MR) is 80.0 cm³/mol. The zero-order valence-electron chi connectivity index (χ0n) is 11.1. The first-order valence-corrected chi connectivity index (χ1v) is 7.86. The van der Waals surface area contributed by atoms with E-state index in [4.69, 9.17) is 0 Å². The molecule has 0 radical (unpaired) electrons. The molecule has 2 aromatic rings. The fourth-order valence-electron chi connectivity index (χ4n) is 2.47. The van der Waals surface area contributed by atoms with Crippen LogP contribution >= 0.6 is 0 Å². The molecule has 0 aliphatic carbocycles. The Morgan fingerprint density at radius 2 is 2.00 bits per heavy atom. The van der Waals surface area contributed by atoms with Crippen molar-refractivity contribution in [1.82, 2.24) is 14.6 Å². The van der Waals surface area contributed by atoms with Crippen molar-refractivity contribution in [2.75, 3.05) is 26.2 Å². The maximum absolute atomic E-state index is 12.8. The van der Waals surface area contributed by atoms with Crippen molar-refractivity contribution in [3.8, 4) is 0 Å². The number of pyridine rings is 1. The normalized spacial score (nSPS) is 18.8. The number of nitrogens with zero attached hydrogens (tertiary/aromatic N) is 1. The van der Waals surface area contributed by atoms with Crippen LogP contribution in [0.4, 0.5) is 0 Å². The van der Waals surface area contributed by atoms with Gasteiger partial charge in [-0.25, -0.2) is 8.51 Å². The van der Waals surface area contributed by atoms with E-state index in [1.54, 1.807) is 18.3 Å². The third kappa shape index (κ3) is 2.54. The summed E-state index contributed by atoms with van der Waals surface area (Å²) in [6.45, 7) is 3.37. The standard InChI is InChI=1S/C14H17N3O2S/c18-14-12-3-1-4-13(11(12)5-7-16-14)20(19)17-9-2-6-15-8-10-17/h1,3-5,7,15H,2,6,8-10H2,(H,16,18). The minimum atomic E-state index is -1.22. The molecule has 1 aliphatic heterocycles. The maximum Gasteiger partial charge on any atom is 0.255 e. The molecule has 1 unspecified atom stereocenters. The molecule has 3 rings (SSSR count). The summed E-state index contributed by atoms with van der Waals surface area (Å²) in [4.78, 5) is 15.2. The second-order valence-corrected chi connectivity index (χ2v) is 6.26. The quantitative estimate of drug-likeness (QED) is 0.862. The molecule has 2 N–H and O–H groups in total. The van der Waals surface area contributed by atoms with Crippen LogP contribution in [0.1, 0.15) is 6.42 Å². The van der Waals surface area contributed by atoms with E-state index in [9.17, 15) is 9.00 Å². The number of hydrogen-bond donors (Lipinski definition) is 2. The largest absolute Gasteiger partial charge is 0.329 e. The molecule has 106 valence electrons. The first-order chi connectivity index (χ1) is 9.77. The molecule has 5 nitrogen and oxygen atoms in total. The lowest BCUT2D eigenvalue weighted by Crippen LogP contribution is -2.30. The van der Waals surface area contributed by atoms with E-state index in [-0.39, 0.29) is 5.56 Å². The lowest BCUT2D eigenvalue weighted by atomic mass is 10.2. The van der Waals surface area contributed by atoms with E-state index in [1.807, 2.05) is 16.4 Å². The van der Waals surface area contributed by atoms with Crippen molar-refractivity contribution < 1.29 is 4.21 Å². The highest BCUT2D eigenvalue weighted by Crippen LogP contribution is 2.21. The van der Waals surface area contributed by atoms with Gasteiger partial charge in [-0.3, -0.25) is 4.79 Å². The van der Waals surface area contributed by atoms with Crippen molar-refractivity contribution in [2.24, 2.45) is 0 Å². The lowest BCUT2D eigenvalue weighted by molar-refractivity contribution is 0.471. The van der Waals surface area contributed by atoms with Crippen LogP contribution in [0.2, 0.25) is 0 Å². The Hall–Kier alpha value is -1.50. The molecular formula is C14H17N3O2S. The van der Waals surface area contributed by atoms with Crippen LogP contribution in [-0.4, -0.2) is 39.7 Å². The summed E-state index contributed by atoms with van der Waals surface area (Å²) in [7, 11) is -1.22. The zero-order valence-corrected chi connectivity index (χ0v) is 11.9.